The van der Waals surface area contributed by atoms with Gasteiger partial charge in [-0.1, -0.05) is 50.6 Å². The monoisotopic (exact) mass is 1330 g/mol. The molecule has 0 aliphatic rings. The number of guanidine groups is 2. The van der Waals surface area contributed by atoms with Gasteiger partial charge in [-0.15, -0.1) is 0 Å². The van der Waals surface area contributed by atoms with E-state index in [-0.39, 0.29) is 81.7 Å². The smallest absolute Gasteiger partial charge is 0.326 e. The number of rotatable bonds is 45. The Morgan fingerprint density at radius 3 is 1.33 bits per heavy atom. The fourth-order valence-corrected chi connectivity index (χ4v) is 8.51. The van der Waals surface area contributed by atoms with E-state index >= 15 is 0 Å². The Labute approximate surface area is 535 Å². The van der Waals surface area contributed by atoms with Crippen LogP contribution in [0.3, 0.4) is 0 Å². The van der Waals surface area contributed by atoms with E-state index in [2.05, 4.69) is 93.7 Å². The van der Waals surface area contributed by atoms with Gasteiger partial charge >= 0.3 is 11.9 Å². The second-order valence-electron chi connectivity index (χ2n) is 20.6. The van der Waals surface area contributed by atoms with Gasteiger partial charge in [-0.3, -0.25) is 67.5 Å². The van der Waals surface area contributed by atoms with Crippen LogP contribution < -0.4 is 92.9 Å². The maximum absolute atomic E-state index is 13.9. The molecule has 36 nitrogen and oxygen atoms in total. The Morgan fingerprint density at radius 1 is 0.495 bits per heavy atom. The molecule has 91 heavy (non-hydrogen) atoms. The number of hydrogen-bond acceptors (Lipinski definition) is 21. The van der Waals surface area contributed by atoms with Crippen LogP contribution in [0.15, 0.2) is 40.3 Å². The molecule has 0 bridgehead atoms. The summed E-state index contributed by atoms with van der Waals surface area (Å²) in [6, 6.07) is -7.06. The Kier molecular flexibility index (Phi) is 38.9. The van der Waals surface area contributed by atoms with Crippen molar-refractivity contribution in [1.82, 2.24) is 58.5 Å². The number of nitrogens with one attached hydrogen (secondary N) is 11. The van der Waals surface area contributed by atoms with Crippen LogP contribution in [0.25, 0.3) is 0 Å². The predicted octanol–water partition coefficient (Wildman–Crippen LogP) is -9.16. The molecule has 27 N–H and O–H groups in total. The van der Waals surface area contributed by atoms with Gasteiger partial charge in [-0.05, 0) is 63.0 Å². The highest BCUT2D eigenvalue weighted by molar-refractivity contribution is 7.80. The molecule has 0 heterocycles. The van der Waals surface area contributed by atoms with Crippen molar-refractivity contribution >= 4 is 114 Å². The van der Waals surface area contributed by atoms with Crippen LogP contribution in [0.2, 0.25) is 0 Å². The second-order valence-corrected chi connectivity index (χ2v) is 21.3. The largest absolute Gasteiger partial charge is 0.481 e. The number of carboxylic acid groups (broad SMARTS) is 2. The first-order chi connectivity index (χ1) is 43.0. The van der Waals surface area contributed by atoms with E-state index in [1.165, 1.54) is 0 Å². The first-order valence-corrected chi connectivity index (χ1v) is 30.1. The molecular formula is C53H89N19O17S2. The van der Waals surface area contributed by atoms with Gasteiger partial charge in [-0.2, -0.15) is 25.3 Å². The van der Waals surface area contributed by atoms with E-state index in [0.29, 0.717) is 24.8 Å². The number of carbonyl (C=O) groups is 13. The number of nitrogens with two attached hydrogens (primary N) is 6. The first-order valence-electron chi connectivity index (χ1n) is 28.8. The zero-order valence-electron chi connectivity index (χ0n) is 50.5. The highest BCUT2D eigenvalue weighted by Crippen LogP contribution is 2.09. The molecular weight excluding hydrogens is 1240 g/mol. The molecule has 1 rings (SSSR count). The highest BCUT2D eigenvalue weighted by Gasteiger charge is 2.35. The summed E-state index contributed by atoms with van der Waals surface area (Å²) < 4.78 is 0. The first kappa shape index (κ1) is 80.4. The third kappa shape index (κ3) is 32.1. The molecule has 1 aromatic carbocycles. The van der Waals surface area contributed by atoms with E-state index in [1.807, 2.05) is 0 Å². The molecule has 510 valence electrons. The Morgan fingerprint density at radius 2 is 0.879 bits per heavy atom. The molecule has 0 saturated carbocycles. The molecule has 0 radical (unpaired) electrons. The SMILES string of the molecule is CC[C@H](C)[C@H](N)C(=O)N[C@@H](CS)C(=O)N[C@@H](CC(=O)O)C(=O)NCC(=O)N[C@@H](Cc1ccccc1)C(=O)N[C@@H](CS)C(=O)N[C@@H](CO)C(=O)N[C@@H](CO)C(=O)N[C@@H](CCCN=C(N)N)C(=O)NCC(=O)N[C@@H](CCCCN)C(=O)N[C@@H](CCCN=C(N)N)C(=O)O. The fraction of sp³-hybridized carbons (Fsp3) is 0.604. The summed E-state index contributed by atoms with van der Waals surface area (Å²) in [5.74, 6) is -15.6. The molecule has 11 atom stereocenters. The maximum atomic E-state index is 13.9. The van der Waals surface area contributed by atoms with Crippen LogP contribution in [0.5, 0.6) is 0 Å². The van der Waals surface area contributed by atoms with Crippen molar-refractivity contribution in [3.05, 3.63) is 35.9 Å². The summed E-state index contributed by atoms with van der Waals surface area (Å²) in [6.45, 7) is -0.137. The molecule has 1 aromatic rings. The fourth-order valence-electron chi connectivity index (χ4n) is 8.00. The van der Waals surface area contributed by atoms with E-state index in [4.69, 9.17) is 34.4 Å². The van der Waals surface area contributed by atoms with E-state index < -0.39 is 176 Å². The molecule has 0 aromatic heterocycles. The number of aliphatic hydroxyl groups is 2. The molecule has 0 aliphatic carbocycles. The number of carboxylic acids is 2. The number of thiol groups is 2. The summed E-state index contributed by atoms with van der Waals surface area (Å²) in [4.78, 5) is 179. The summed E-state index contributed by atoms with van der Waals surface area (Å²) in [5, 5.41) is 65.2. The van der Waals surface area contributed by atoms with Gasteiger partial charge in [0.05, 0.1) is 38.8 Å². The van der Waals surface area contributed by atoms with Gasteiger partial charge in [0.25, 0.3) is 0 Å². The Bertz CT molecular complexity index is 2660. The van der Waals surface area contributed by atoms with Crippen LogP contribution in [0, 0.1) is 5.92 Å². The van der Waals surface area contributed by atoms with Crippen LogP contribution in [0.4, 0.5) is 0 Å². The van der Waals surface area contributed by atoms with E-state index in [1.54, 1.807) is 44.2 Å². The average Bonchev–Trinajstić information content (AvgIpc) is 2.55. The minimum atomic E-state index is -1.88. The second kappa shape index (κ2) is 44.0. The van der Waals surface area contributed by atoms with Crippen molar-refractivity contribution in [1.29, 1.82) is 0 Å². The van der Waals surface area contributed by atoms with Crippen LogP contribution >= 0.6 is 25.3 Å². The quantitative estimate of drug-likeness (QED) is 0.0125. The minimum absolute atomic E-state index is 0.0188. The summed E-state index contributed by atoms with van der Waals surface area (Å²) in [6.07, 6.45) is 0.0771. The summed E-state index contributed by atoms with van der Waals surface area (Å²) >= 11 is 8.23. The number of carbonyl (C=O) groups excluding carboxylic acids is 11. The molecule has 0 saturated heterocycles. The van der Waals surface area contributed by atoms with Crippen molar-refractivity contribution in [3.63, 3.8) is 0 Å². The van der Waals surface area contributed by atoms with Crippen molar-refractivity contribution in [2.45, 2.75) is 138 Å². The van der Waals surface area contributed by atoms with Gasteiger partial charge < -0.3 is 113 Å². The lowest BCUT2D eigenvalue weighted by atomic mass is 9.99. The molecule has 0 aliphatic heterocycles. The normalized spacial score (nSPS) is 14.5. The maximum Gasteiger partial charge on any atom is 0.326 e. The number of benzene rings is 1. The minimum Gasteiger partial charge on any atom is -0.481 e. The Hall–Kier alpha value is -8.59. The third-order valence-corrected chi connectivity index (χ3v) is 14.1. The van der Waals surface area contributed by atoms with Gasteiger partial charge in [0, 0.05) is 31.0 Å². The predicted molar refractivity (Wildman–Crippen MR) is 335 cm³/mol. The number of aliphatic imine (C=N–C) groups is 2. The summed E-state index contributed by atoms with van der Waals surface area (Å²) in [7, 11) is 0. The van der Waals surface area contributed by atoms with Crippen molar-refractivity contribution < 1.29 is 82.8 Å². The molecule has 0 spiro atoms. The number of amides is 11. The number of hydrogen-bond donors (Lipinski definition) is 23. The lowest BCUT2D eigenvalue weighted by molar-refractivity contribution is -0.142. The number of nitrogens with zero attached hydrogens (tertiary/aromatic N) is 2. The van der Waals surface area contributed by atoms with Gasteiger partial charge in [0.15, 0.2) is 11.9 Å². The van der Waals surface area contributed by atoms with Crippen molar-refractivity contribution in [2.24, 2.45) is 50.3 Å². The van der Waals surface area contributed by atoms with E-state index in [9.17, 15) is 82.8 Å². The number of aliphatic carboxylic acids is 2. The standard InChI is InChI=1S/C53H89N19O17S2/c1-3-27(2)41(55)50(87)72-37(26-91)48(85)68-33(20-40(77)78)43(80)63-22-39(76)65-32(19-28-11-5-4-6-12-28)45(82)71-36(25-90)49(86)70-35(24-74)47(84)69-34(23-73)46(83)66-29(14-9-17-60-52(56)57)42(79)62-21-38(75)64-30(13-7-8-16-54)44(81)67-31(51(88)89)15-10-18-61-53(58)59/h4-6,11-12,27,29-37,41,73-74,90-91H,3,7-10,13-26,54-55H2,1-2H3,(H,62,79)(H,63,80)(H,64,75)(H,65,76)(H,66,83)(H,67,81)(H,68,85)(H,69,84)(H,70,86)(H,71,82)(H,72,87)(H,77,78)(H,88,89)(H4,56,57,60)(H4,58,59,61)/t27-,29-,30-,31-,32-,33-,34-,35-,36-,37-,41-/m0/s1. The third-order valence-electron chi connectivity index (χ3n) is 13.4. The Balaban J connectivity index is 3.22. The van der Waals surface area contributed by atoms with Crippen molar-refractivity contribution in [2.75, 3.05) is 57.4 Å². The van der Waals surface area contributed by atoms with Gasteiger partial charge in [0.2, 0.25) is 65.0 Å². The topological polar surface area (TPSA) is 616 Å². The van der Waals surface area contributed by atoms with Crippen molar-refractivity contribution in [3.8, 4) is 0 Å². The van der Waals surface area contributed by atoms with Crippen LogP contribution in [-0.4, -0.2) is 227 Å². The number of unbranched alkanes of at least 4 members (excludes halogenated alkanes) is 1. The zero-order valence-corrected chi connectivity index (χ0v) is 52.3. The lowest BCUT2D eigenvalue weighted by Gasteiger charge is -2.26. The molecule has 11 amide bonds. The summed E-state index contributed by atoms with van der Waals surface area (Å²) in [5.41, 5.74) is 33.5. The number of aliphatic hydroxyl groups excluding tert-OH is 2. The van der Waals surface area contributed by atoms with Crippen LogP contribution in [-0.2, 0) is 68.7 Å². The lowest BCUT2D eigenvalue weighted by Crippen LogP contribution is -2.61. The highest BCUT2D eigenvalue weighted by atomic mass is 32.1. The molecule has 38 heteroatoms. The molecule has 0 unspecified atom stereocenters. The van der Waals surface area contributed by atoms with Gasteiger partial charge in [-0.25, -0.2) is 4.79 Å². The van der Waals surface area contributed by atoms with E-state index in [0.717, 1.165) is 0 Å². The average molecular weight is 1330 g/mol. The zero-order chi connectivity index (χ0) is 68.8. The molecule has 0 fully saturated rings. The van der Waals surface area contributed by atoms with Gasteiger partial charge in [0.1, 0.15) is 54.4 Å². The van der Waals surface area contributed by atoms with Crippen LogP contribution in [0.1, 0.15) is 77.2 Å².